The molecular formula is C15H20N2S. The van der Waals surface area contributed by atoms with E-state index in [2.05, 4.69) is 53.7 Å². The van der Waals surface area contributed by atoms with Crippen LogP contribution in [0.1, 0.15) is 19.4 Å². The Bertz CT molecular complexity index is 544. The molecule has 0 radical (unpaired) electrons. The molecule has 0 spiro atoms. The van der Waals surface area contributed by atoms with E-state index in [0.29, 0.717) is 0 Å². The summed E-state index contributed by atoms with van der Waals surface area (Å²) in [4.78, 5) is 2.60. The van der Waals surface area contributed by atoms with Gasteiger partial charge in [-0.05, 0) is 36.2 Å². The third-order valence-corrected chi connectivity index (χ3v) is 4.91. The number of nitrogens with zero attached hydrogens (tertiary/aromatic N) is 1. The average molecular weight is 260 g/mol. The molecule has 0 amide bonds. The van der Waals surface area contributed by atoms with Crippen LogP contribution in [0.15, 0.2) is 29.6 Å². The maximum Gasteiger partial charge on any atom is 0.0346 e. The van der Waals surface area contributed by atoms with E-state index in [4.69, 9.17) is 0 Å². The Kier molecular flexibility index (Phi) is 3.14. The third kappa shape index (κ3) is 2.18. The van der Waals surface area contributed by atoms with E-state index in [1.54, 1.807) is 0 Å². The molecule has 18 heavy (non-hydrogen) atoms. The summed E-state index contributed by atoms with van der Waals surface area (Å²) in [7, 11) is 0. The van der Waals surface area contributed by atoms with Gasteiger partial charge in [-0.2, -0.15) is 0 Å². The first-order chi connectivity index (χ1) is 8.67. The molecular weight excluding hydrogens is 240 g/mol. The highest BCUT2D eigenvalue weighted by Gasteiger charge is 2.29. The Morgan fingerprint density at radius 3 is 3.00 bits per heavy atom. The molecule has 1 N–H and O–H groups in total. The summed E-state index contributed by atoms with van der Waals surface area (Å²) in [5.74, 6) is 0. The summed E-state index contributed by atoms with van der Waals surface area (Å²) >= 11 is 1.86. The molecule has 0 bridgehead atoms. The molecule has 3 heteroatoms. The zero-order valence-corrected chi connectivity index (χ0v) is 11.9. The summed E-state index contributed by atoms with van der Waals surface area (Å²) in [6.07, 6.45) is 0. The second-order valence-electron chi connectivity index (χ2n) is 5.67. The van der Waals surface area contributed by atoms with Crippen molar-refractivity contribution in [3.8, 4) is 0 Å². The highest BCUT2D eigenvalue weighted by atomic mass is 32.1. The number of piperazine rings is 1. The highest BCUT2D eigenvalue weighted by molar-refractivity contribution is 7.17. The first-order valence-corrected chi connectivity index (χ1v) is 7.46. The second-order valence-corrected chi connectivity index (χ2v) is 6.58. The van der Waals surface area contributed by atoms with Crippen LogP contribution in [0.3, 0.4) is 0 Å². The second kappa shape index (κ2) is 4.65. The smallest absolute Gasteiger partial charge is 0.0346 e. The Morgan fingerprint density at radius 2 is 2.17 bits per heavy atom. The van der Waals surface area contributed by atoms with Crippen molar-refractivity contribution < 1.29 is 0 Å². The van der Waals surface area contributed by atoms with E-state index in [1.165, 1.54) is 15.6 Å². The lowest BCUT2D eigenvalue weighted by Crippen LogP contribution is -2.57. The quantitative estimate of drug-likeness (QED) is 0.892. The van der Waals surface area contributed by atoms with Crippen LogP contribution in [-0.4, -0.2) is 30.1 Å². The van der Waals surface area contributed by atoms with Gasteiger partial charge in [-0.1, -0.05) is 18.2 Å². The molecule has 1 aliphatic rings. The normalized spacial score (nSPS) is 20.3. The molecule has 1 aromatic heterocycles. The van der Waals surface area contributed by atoms with E-state index < -0.39 is 0 Å². The monoisotopic (exact) mass is 260 g/mol. The van der Waals surface area contributed by atoms with Crippen LogP contribution in [0.25, 0.3) is 10.1 Å². The van der Waals surface area contributed by atoms with Gasteiger partial charge in [-0.15, -0.1) is 11.3 Å². The van der Waals surface area contributed by atoms with E-state index in [1.807, 2.05) is 11.3 Å². The summed E-state index contributed by atoms with van der Waals surface area (Å²) in [5, 5.41) is 7.23. The predicted molar refractivity (Wildman–Crippen MR) is 79.2 cm³/mol. The zero-order valence-electron chi connectivity index (χ0n) is 11.1. The van der Waals surface area contributed by atoms with Gasteiger partial charge in [0.05, 0.1) is 0 Å². The highest BCUT2D eigenvalue weighted by Crippen LogP contribution is 2.28. The van der Waals surface area contributed by atoms with Crippen LogP contribution in [0.4, 0.5) is 0 Å². The van der Waals surface area contributed by atoms with Crippen molar-refractivity contribution in [1.29, 1.82) is 0 Å². The standard InChI is InChI=1S/C15H20N2S/c1-15(2)11-16-7-8-17(15)9-12-10-18-14-6-4-3-5-13(12)14/h3-6,10,16H,7-9,11H2,1-2H3. The molecule has 3 rings (SSSR count). The molecule has 0 unspecified atom stereocenters. The minimum absolute atomic E-state index is 0.251. The fourth-order valence-electron chi connectivity index (χ4n) is 2.68. The van der Waals surface area contributed by atoms with Crippen molar-refractivity contribution in [2.24, 2.45) is 0 Å². The van der Waals surface area contributed by atoms with E-state index in [9.17, 15) is 0 Å². The van der Waals surface area contributed by atoms with Crippen LogP contribution in [0.5, 0.6) is 0 Å². The molecule has 2 nitrogen and oxygen atoms in total. The maximum atomic E-state index is 3.48. The molecule has 1 saturated heterocycles. The van der Waals surface area contributed by atoms with E-state index in [0.717, 1.165) is 26.2 Å². The van der Waals surface area contributed by atoms with Crippen LogP contribution in [0.2, 0.25) is 0 Å². The number of hydrogen-bond donors (Lipinski definition) is 1. The summed E-state index contributed by atoms with van der Waals surface area (Å²) in [5.41, 5.74) is 1.73. The zero-order chi connectivity index (χ0) is 12.6. The summed E-state index contributed by atoms with van der Waals surface area (Å²) in [6, 6.07) is 8.72. The number of thiophene rings is 1. The van der Waals surface area contributed by atoms with Crippen LogP contribution in [-0.2, 0) is 6.54 Å². The van der Waals surface area contributed by atoms with Gasteiger partial charge in [0, 0.05) is 36.4 Å². The minimum Gasteiger partial charge on any atom is -0.314 e. The molecule has 1 aliphatic heterocycles. The molecule has 0 aliphatic carbocycles. The Hall–Kier alpha value is -0.900. The van der Waals surface area contributed by atoms with Crippen molar-refractivity contribution in [3.63, 3.8) is 0 Å². The largest absolute Gasteiger partial charge is 0.314 e. The minimum atomic E-state index is 0.251. The SMILES string of the molecule is CC1(C)CNCCN1Cc1csc2ccccc12. The third-order valence-electron chi connectivity index (χ3n) is 3.89. The van der Waals surface area contributed by atoms with Gasteiger partial charge in [-0.3, -0.25) is 4.90 Å². The lowest BCUT2D eigenvalue weighted by molar-refractivity contribution is 0.0833. The van der Waals surface area contributed by atoms with Crippen molar-refractivity contribution in [1.82, 2.24) is 10.2 Å². The van der Waals surface area contributed by atoms with Gasteiger partial charge >= 0.3 is 0 Å². The molecule has 2 heterocycles. The van der Waals surface area contributed by atoms with Gasteiger partial charge in [0.2, 0.25) is 0 Å². The van der Waals surface area contributed by atoms with Gasteiger partial charge in [0.25, 0.3) is 0 Å². The first kappa shape index (κ1) is 12.2. The van der Waals surface area contributed by atoms with Crippen LogP contribution >= 0.6 is 11.3 Å². The summed E-state index contributed by atoms with van der Waals surface area (Å²) in [6.45, 7) is 9.04. The lowest BCUT2D eigenvalue weighted by atomic mass is 9.99. The fraction of sp³-hybridized carbons (Fsp3) is 0.467. The van der Waals surface area contributed by atoms with Crippen LogP contribution in [0, 0.1) is 0 Å². The number of hydrogen-bond acceptors (Lipinski definition) is 3. The van der Waals surface area contributed by atoms with Gasteiger partial charge in [-0.25, -0.2) is 0 Å². The Balaban J connectivity index is 1.87. The van der Waals surface area contributed by atoms with Crippen molar-refractivity contribution in [3.05, 3.63) is 35.2 Å². The van der Waals surface area contributed by atoms with E-state index in [-0.39, 0.29) is 5.54 Å². The molecule has 1 fully saturated rings. The molecule has 0 saturated carbocycles. The number of benzene rings is 1. The number of fused-ring (bicyclic) bond motifs is 1. The van der Waals surface area contributed by atoms with Gasteiger partial charge < -0.3 is 5.32 Å². The van der Waals surface area contributed by atoms with Gasteiger partial charge in [0.15, 0.2) is 0 Å². The average Bonchev–Trinajstić information content (AvgIpc) is 2.75. The molecule has 96 valence electrons. The maximum absolute atomic E-state index is 3.48. The van der Waals surface area contributed by atoms with Crippen molar-refractivity contribution >= 4 is 21.4 Å². The Morgan fingerprint density at radius 1 is 1.33 bits per heavy atom. The number of rotatable bonds is 2. The fourth-order valence-corrected chi connectivity index (χ4v) is 3.63. The van der Waals surface area contributed by atoms with Gasteiger partial charge in [0.1, 0.15) is 0 Å². The first-order valence-electron chi connectivity index (χ1n) is 6.58. The predicted octanol–water partition coefficient (Wildman–Crippen LogP) is 3.09. The van der Waals surface area contributed by atoms with E-state index >= 15 is 0 Å². The Labute approximate surface area is 113 Å². The molecule has 1 aromatic carbocycles. The van der Waals surface area contributed by atoms with Crippen molar-refractivity contribution in [2.75, 3.05) is 19.6 Å². The molecule has 2 aromatic rings. The lowest BCUT2D eigenvalue weighted by Gasteiger charge is -2.42. The topological polar surface area (TPSA) is 15.3 Å². The van der Waals surface area contributed by atoms with Crippen LogP contribution < -0.4 is 5.32 Å². The summed E-state index contributed by atoms with van der Waals surface area (Å²) < 4.78 is 1.40. The molecule has 0 atom stereocenters. The number of nitrogens with one attached hydrogen (secondary N) is 1. The van der Waals surface area contributed by atoms with Crippen molar-refractivity contribution in [2.45, 2.75) is 25.9 Å².